The van der Waals surface area contributed by atoms with E-state index in [9.17, 15) is 4.79 Å². The third-order valence-corrected chi connectivity index (χ3v) is 4.70. The van der Waals surface area contributed by atoms with Crippen LogP contribution in [0.1, 0.15) is 19.3 Å². The number of benzene rings is 1. The molecule has 0 spiro atoms. The van der Waals surface area contributed by atoms with Gasteiger partial charge in [-0.1, -0.05) is 18.2 Å². The van der Waals surface area contributed by atoms with Crippen LogP contribution < -0.4 is 4.90 Å². The van der Waals surface area contributed by atoms with Crippen LogP contribution >= 0.6 is 0 Å². The maximum Gasteiger partial charge on any atom is 0.225 e. The molecule has 4 heteroatoms. The van der Waals surface area contributed by atoms with Crippen molar-refractivity contribution in [3.05, 3.63) is 36.5 Å². The summed E-state index contributed by atoms with van der Waals surface area (Å²) in [4.78, 5) is 21.2. The largest absolute Gasteiger partial charge is 0.369 e. The molecule has 4 rings (SSSR count). The third kappa shape index (κ3) is 2.54. The van der Waals surface area contributed by atoms with E-state index in [4.69, 9.17) is 0 Å². The molecule has 1 amide bonds. The maximum absolute atomic E-state index is 12.3. The number of nitrogens with zero attached hydrogens (tertiary/aromatic N) is 3. The van der Waals surface area contributed by atoms with Crippen LogP contribution in [0.25, 0.3) is 10.9 Å². The monoisotopic (exact) mass is 295 g/mol. The summed E-state index contributed by atoms with van der Waals surface area (Å²) in [6.45, 7) is 3.65. The molecule has 22 heavy (non-hydrogen) atoms. The molecule has 0 radical (unpaired) electrons. The van der Waals surface area contributed by atoms with Crippen molar-refractivity contribution in [3.8, 4) is 0 Å². The number of pyridine rings is 1. The van der Waals surface area contributed by atoms with Crippen molar-refractivity contribution < 1.29 is 4.79 Å². The minimum atomic E-state index is 0.327. The first-order valence-electron chi connectivity index (χ1n) is 8.20. The van der Waals surface area contributed by atoms with E-state index in [1.54, 1.807) is 0 Å². The fraction of sp³-hybridized carbons (Fsp3) is 0.444. The van der Waals surface area contributed by atoms with Gasteiger partial charge in [0.05, 0.1) is 5.52 Å². The number of carbonyl (C=O) groups is 1. The van der Waals surface area contributed by atoms with Gasteiger partial charge in [-0.3, -0.25) is 9.78 Å². The van der Waals surface area contributed by atoms with Gasteiger partial charge in [0.1, 0.15) is 0 Å². The summed E-state index contributed by atoms with van der Waals surface area (Å²) < 4.78 is 0. The molecule has 0 bridgehead atoms. The molecule has 2 heterocycles. The quantitative estimate of drug-likeness (QED) is 0.854. The molecule has 1 saturated heterocycles. The highest BCUT2D eigenvalue weighted by atomic mass is 16.2. The van der Waals surface area contributed by atoms with E-state index in [0.29, 0.717) is 11.8 Å². The molecule has 1 aromatic carbocycles. The van der Waals surface area contributed by atoms with Gasteiger partial charge in [-0.15, -0.1) is 0 Å². The van der Waals surface area contributed by atoms with Gasteiger partial charge >= 0.3 is 0 Å². The standard InChI is InChI=1S/C18H21N3O/c22-18(14-6-7-14)21-11-3-10-20(12-13-21)17-8-9-19-16-5-2-1-4-15(16)17/h1-2,4-5,8-9,14H,3,6-7,10-13H2. The average Bonchev–Trinajstić information content (AvgIpc) is 3.40. The van der Waals surface area contributed by atoms with E-state index in [2.05, 4.69) is 39.0 Å². The number of aromatic nitrogens is 1. The van der Waals surface area contributed by atoms with Gasteiger partial charge in [-0.2, -0.15) is 0 Å². The second kappa shape index (κ2) is 5.59. The Labute approximate surface area is 130 Å². The van der Waals surface area contributed by atoms with Crippen molar-refractivity contribution in [3.63, 3.8) is 0 Å². The minimum absolute atomic E-state index is 0.327. The average molecular weight is 295 g/mol. The van der Waals surface area contributed by atoms with Gasteiger partial charge in [-0.25, -0.2) is 0 Å². The van der Waals surface area contributed by atoms with E-state index in [1.807, 2.05) is 12.3 Å². The highest BCUT2D eigenvalue weighted by Crippen LogP contribution is 2.32. The Bertz CT molecular complexity index is 690. The first-order chi connectivity index (χ1) is 10.8. The second-order valence-corrected chi connectivity index (χ2v) is 6.29. The van der Waals surface area contributed by atoms with Crippen LogP contribution in [0, 0.1) is 5.92 Å². The Morgan fingerprint density at radius 3 is 2.77 bits per heavy atom. The number of carbonyl (C=O) groups excluding carboxylic acids is 1. The van der Waals surface area contributed by atoms with Crippen LogP contribution in [0.3, 0.4) is 0 Å². The van der Waals surface area contributed by atoms with E-state index in [-0.39, 0.29) is 0 Å². The normalized spacial score (nSPS) is 19.3. The lowest BCUT2D eigenvalue weighted by atomic mass is 10.1. The van der Waals surface area contributed by atoms with Crippen molar-refractivity contribution in [2.75, 3.05) is 31.1 Å². The lowest BCUT2D eigenvalue weighted by molar-refractivity contribution is -0.132. The number of hydrogen-bond acceptors (Lipinski definition) is 3. The molecule has 0 unspecified atom stereocenters. The van der Waals surface area contributed by atoms with Gasteiger partial charge in [0.2, 0.25) is 5.91 Å². The number of amides is 1. The topological polar surface area (TPSA) is 36.4 Å². The second-order valence-electron chi connectivity index (χ2n) is 6.29. The Kier molecular flexibility index (Phi) is 3.45. The van der Waals surface area contributed by atoms with E-state index >= 15 is 0 Å². The first kappa shape index (κ1) is 13.6. The molecule has 2 aromatic rings. The summed E-state index contributed by atoms with van der Waals surface area (Å²) >= 11 is 0. The Balaban J connectivity index is 1.56. The SMILES string of the molecule is O=C(C1CC1)N1CCCN(c2ccnc3ccccc23)CC1. The number of rotatable bonds is 2. The number of para-hydroxylation sites is 1. The predicted molar refractivity (Wildman–Crippen MR) is 87.9 cm³/mol. The molecule has 1 saturated carbocycles. The zero-order chi connectivity index (χ0) is 14.9. The van der Waals surface area contributed by atoms with E-state index < -0.39 is 0 Å². The molecular formula is C18H21N3O. The smallest absolute Gasteiger partial charge is 0.225 e. The third-order valence-electron chi connectivity index (χ3n) is 4.70. The highest BCUT2D eigenvalue weighted by molar-refractivity contribution is 5.91. The van der Waals surface area contributed by atoms with Crippen LogP contribution in [-0.4, -0.2) is 42.0 Å². The molecular weight excluding hydrogens is 274 g/mol. The summed E-state index contributed by atoms with van der Waals surface area (Å²) in [5.41, 5.74) is 2.28. The molecule has 0 atom stereocenters. The summed E-state index contributed by atoms with van der Waals surface area (Å²) in [6, 6.07) is 10.4. The van der Waals surface area contributed by atoms with Crippen molar-refractivity contribution in [1.82, 2.24) is 9.88 Å². The van der Waals surface area contributed by atoms with Crippen LogP contribution in [0.5, 0.6) is 0 Å². The molecule has 1 aliphatic heterocycles. The Hall–Kier alpha value is -2.10. The van der Waals surface area contributed by atoms with Gasteiger partial charge in [0, 0.05) is 49.4 Å². The molecule has 2 fully saturated rings. The van der Waals surface area contributed by atoms with Crippen LogP contribution in [-0.2, 0) is 4.79 Å². The summed E-state index contributed by atoms with van der Waals surface area (Å²) in [5, 5.41) is 1.20. The molecule has 2 aliphatic rings. The molecule has 1 aliphatic carbocycles. The zero-order valence-electron chi connectivity index (χ0n) is 12.7. The van der Waals surface area contributed by atoms with Crippen molar-refractivity contribution in [2.45, 2.75) is 19.3 Å². The van der Waals surface area contributed by atoms with Gasteiger partial charge in [0.25, 0.3) is 0 Å². The lowest BCUT2D eigenvalue weighted by Crippen LogP contribution is -2.36. The molecule has 4 nitrogen and oxygen atoms in total. The van der Waals surface area contributed by atoms with E-state index in [0.717, 1.165) is 51.0 Å². The molecule has 1 aromatic heterocycles. The summed E-state index contributed by atoms with van der Waals surface area (Å²) in [6.07, 6.45) is 5.10. The fourth-order valence-electron chi connectivity index (χ4n) is 3.32. The number of fused-ring (bicyclic) bond motifs is 1. The van der Waals surface area contributed by atoms with Crippen LogP contribution in [0.4, 0.5) is 5.69 Å². The summed E-state index contributed by atoms with van der Waals surface area (Å²) in [5.74, 6) is 0.703. The Morgan fingerprint density at radius 1 is 1.05 bits per heavy atom. The highest BCUT2D eigenvalue weighted by Gasteiger charge is 2.33. The fourth-order valence-corrected chi connectivity index (χ4v) is 3.32. The summed E-state index contributed by atoms with van der Waals surface area (Å²) in [7, 11) is 0. The van der Waals surface area contributed by atoms with Crippen molar-refractivity contribution in [1.29, 1.82) is 0 Å². The molecule has 114 valence electrons. The van der Waals surface area contributed by atoms with Gasteiger partial charge in [-0.05, 0) is 31.4 Å². The maximum atomic E-state index is 12.3. The van der Waals surface area contributed by atoms with Gasteiger partial charge in [0.15, 0.2) is 0 Å². The number of hydrogen-bond donors (Lipinski definition) is 0. The Morgan fingerprint density at radius 2 is 1.91 bits per heavy atom. The predicted octanol–water partition coefficient (Wildman–Crippen LogP) is 2.68. The number of anilines is 1. The lowest BCUT2D eigenvalue weighted by Gasteiger charge is -2.24. The van der Waals surface area contributed by atoms with E-state index in [1.165, 1.54) is 11.1 Å². The minimum Gasteiger partial charge on any atom is -0.369 e. The first-order valence-corrected chi connectivity index (χ1v) is 8.20. The zero-order valence-corrected chi connectivity index (χ0v) is 12.7. The van der Waals surface area contributed by atoms with Gasteiger partial charge < -0.3 is 9.80 Å². The van der Waals surface area contributed by atoms with Crippen LogP contribution in [0.2, 0.25) is 0 Å². The van der Waals surface area contributed by atoms with Crippen molar-refractivity contribution in [2.24, 2.45) is 5.92 Å². The molecule has 0 N–H and O–H groups in total. The van der Waals surface area contributed by atoms with Crippen molar-refractivity contribution >= 4 is 22.5 Å². The van der Waals surface area contributed by atoms with Crippen LogP contribution in [0.15, 0.2) is 36.5 Å².